The number of hydrogen-bond donors (Lipinski definition) is 3. The second-order valence-corrected chi connectivity index (χ2v) is 3.74. The molecule has 17 heavy (non-hydrogen) atoms. The van der Waals surface area contributed by atoms with E-state index in [4.69, 9.17) is 10.2 Å². The summed E-state index contributed by atoms with van der Waals surface area (Å²) >= 11 is 0. The number of rotatable bonds is 5. The van der Waals surface area contributed by atoms with Crippen LogP contribution in [0.15, 0.2) is 24.3 Å². The summed E-state index contributed by atoms with van der Waals surface area (Å²) in [5, 5.41) is 20.5. The molecule has 1 atom stereocenters. The molecule has 5 nitrogen and oxygen atoms in total. The highest BCUT2D eigenvalue weighted by atomic mass is 16.4. The summed E-state index contributed by atoms with van der Waals surface area (Å²) in [4.78, 5) is 22.6. The molecule has 1 unspecified atom stereocenters. The standard InChI is InChI=1S/C12H15NO4/c1-8(14)6-7-13-11(15)9-4-2-3-5-10(9)12(16)17/h2-5,8,14H,6-7H2,1H3,(H,13,15)(H,16,17). The lowest BCUT2D eigenvalue weighted by atomic mass is 10.1. The van der Waals surface area contributed by atoms with Gasteiger partial charge in [-0.15, -0.1) is 0 Å². The summed E-state index contributed by atoms with van der Waals surface area (Å²) in [6.07, 6.45) is -0.0638. The van der Waals surface area contributed by atoms with E-state index in [0.29, 0.717) is 13.0 Å². The lowest BCUT2D eigenvalue weighted by Gasteiger charge is -2.08. The lowest BCUT2D eigenvalue weighted by Crippen LogP contribution is -2.28. The number of benzene rings is 1. The number of carbonyl (C=O) groups excluding carboxylic acids is 1. The Morgan fingerprint density at radius 3 is 2.41 bits per heavy atom. The van der Waals surface area contributed by atoms with Crippen LogP contribution in [0.2, 0.25) is 0 Å². The number of aromatic carboxylic acids is 1. The maximum absolute atomic E-state index is 11.7. The molecule has 0 fully saturated rings. The first kappa shape index (κ1) is 13.2. The molecule has 5 heteroatoms. The normalized spacial score (nSPS) is 11.9. The van der Waals surface area contributed by atoms with Crippen molar-refractivity contribution in [2.75, 3.05) is 6.54 Å². The second-order valence-electron chi connectivity index (χ2n) is 3.74. The molecule has 0 bridgehead atoms. The van der Waals surface area contributed by atoms with Crippen LogP contribution in [0.1, 0.15) is 34.1 Å². The van der Waals surface area contributed by atoms with E-state index >= 15 is 0 Å². The molecule has 1 aromatic carbocycles. The lowest BCUT2D eigenvalue weighted by molar-refractivity contribution is 0.0690. The Balaban J connectivity index is 2.72. The van der Waals surface area contributed by atoms with E-state index < -0.39 is 18.0 Å². The van der Waals surface area contributed by atoms with Crippen molar-refractivity contribution in [2.24, 2.45) is 0 Å². The van der Waals surface area contributed by atoms with Crippen LogP contribution in [0, 0.1) is 0 Å². The fraction of sp³-hybridized carbons (Fsp3) is 0.333. The molecule has 0 saturated heterocycles. The molecule has 0 radical (unpaired) electrons. The molecule has 0 aliphatic carbocycles. The van der Waals surface area contributed by atoms with E-state index in [2.05, 4.69) is 5.32 Å². The number of nitrogens with one attached hydrogen (secondary N) is 1. The Morgan fingerprint density at radius 1 is 1.29 bits per heavy atom. The van der Waals surface area contributed by atoms with Gasteiger partial charge >= 0.3 is 5.97 Å². The second kappa shape index (κ2) is 6.00. The van der Waals surface area contributed by atoms with Crippen molar-refractivity contribution in [2.45, 2.75) is 19.4 Å². The average Bonchev–Trinajstić information content (AvgIpc) is 2.28. The topological polar surface area (TPSA) is 86.6 Å². The largest absolute Gasteiger partial charge is 0.478 e. The van der Waals surface area contributed by atoms with Crippen LogP contribution < -0.4 is 5.32 Å². The number of carboxylic acids is 1. The molecule has 0 spiro atoms. The number of carbonyl (C=O) groups is 2. The highest BCUT2D eigenvalue weighted by Crippen LogP contribution is 2.08. The van der Waals surface area contributed by atoms with Crippen molar-refractivity contribution in [1.82, 2.24) is 5.32 Å². The zero-order valence-electron chi connectivity index (χ0n) is 9.51. The fourth-order valence-electron chi connectivity index (χ4n) is 1.36. The van der Waals surface area contributed by atoms with E-state index in [1.165, 1.54) is 12.1 Å². The first-order valence-electron chi connectivity index (χ1n) is 5.31. The monoisotopic (exact) mass is 237 g/mol. The summed E-state index contributed by atoms with van der Waals surface area (Å²) in [6.45, 7) is 1.93. The molecular formula is C12H15NO4. The van der Waals surface area contributed by atoms with Gasteiger partial charge in [0, 0.05) is 6.54 Å². The Bertz CT molecular complexity index is 415. The predicted octanol–water partition coefficient (Wildman–Crippen LogP) is 0.886. The summed E-state index contributed by atoms with van der Waals surface area (Å²) in [5.74, 6) is -1.57. The minimum atomic E-state index is -1.13. The molecule has 92 valence electrons. The minimum Gasteiger partial charge on any atom is -0.478 e. The summed E-state index contributed by atoms with van der Waals surface area (Å²) in [6, 6.07) is 6.01. The molecule has 0 aliphatic rings. The van der Waals surface area contributed by atoms with Gasteiger partial charge in [0.25, 0.3) is 5.91 Å². The van der Waals surface area contributed by atoms with Gasteiger partial charge in [0.2, 0.25) is 0 Å². The van der Waals surface area contributed by atoms with Crippen LogP contribution in [-0.4, -0.2) is 34.7 Å². The molecular weight excluding hydrogens is 222 g/mol. The quantitative estimate of drug-likeness (QED) is 0.709. The molecule has 1 rings (SSSR count). The number of carboxylic acid groups (broad SMARTS) is 1. The smallest absolute Gasteiger partial charge is 0.336 e. The van der Waals surface area contributed by atoms with E-state index in [1.54, 1.807) is 19.1 Å². The van der Waals surface area contributed by atoms with Gasteiger partial charge in [0.1, 0.15) is 0 Å². The molecule has 3 N–H and O–H groups in total. The van der Waals surface area contributed by atoms with Crippen molar-refractivity contribution in [3.63, 3.8) is 0 Å². The first-order valence-corrected chi connectivity index (χ1v) is 5.31. The van der Waals surface area contributed by atoms with Gasteiger partial charge in [0.15, 0.2) is 0 Å². The third-order valence-electron chi connectivity index (χ3n) is 2.25. The predicted molar refractivity (Wildman–Crippen MR) is 62.0 cm³/mol. The van der Waals surface area contributed by atoms with E-state index in [1.807, 2.05) is 0 Å². The van der Waals surface area contributed by atoms with E-state index in [-0.39, 0.29) is 11.1 Å². The first-order chi connectivity index (χ1) is 8.02. The van der Waals surface area contributed by atoms with Crippen molar-refractivity contribution in [3.8, 4) is 0 Å². The summed E-state index contributed by atoms with van der Waals surface area (Å²) < 4.78 is 0. The third kappa shape index (κ3) is 3.88. The van der Waals surface area contributed by atoms with Gasteiger partial charge in [-0.05, 0) is 25.5 Å². The number of aliphatic hydroxyl groups is 1. The van der Waals surface area contributed by atoms with Crippen molar-refractivity contribution in [1.29, 1.82) is 0 Å². The van der Waals surface area contributed by atoms with Crippen LogP contribution in [0.4, 0.5) is 0 Å². The van der Waals surface area contributed by atoms with Gasteiger partial charge in [-0.25, -0.2) is 4.79 Å². The number of aliphatic hydroxyl groups excluding tert-OH is 1. The van der Waals surface area contributed by atoms with Crippen LogP contribution in [0.5, 0.6) is 0 Å². The van der Waals surface area contributed by atoms with Crippen LogP contribution in [-0.2, 0) is 0 Å². The highest BCUT2D eigenvalue weighted by molar-refractivity contribution is 6.04. The van der Waals surface area contributed by atoms with Crippen molar-refractivity contribution in [3.05, 3.63) is 35.4 Å². The number of hydrogen-bond acceptors (Lipinski definition) is 3. The molecule has 1 aromatic rings. The summed E-state index contributed by atoms with van der Waals surface area (Å²) in [5.41, 5.74) is 0.104. The maximum atomic E-state index is 11.7. The Hall–Kier alpha value is -1.88. The van der Waals surface area contributed by atoms with E-state index in [0.717, 1.165) is 0 Å². The van der Waals surface area contributed by atoms with Crippen LogP contribution in [0.3, 0.4) is 0 Å². The van der Waals surface area contributed by atoms with Gasteiger partial charge in [-0.3, -0.25) is 4.79 Å². The highest BCUT2D eigenvalue weighted by Gasteiger charge is 2.15. The van der Waals surface area contributed by atoms with E-state index in [9.17, 15) is 9.59 Å². The average molecular weight is 237 g/mol. The van der Waals surface area contributed by atoms with Crippen molar-refractivity contribution < 1.29 is 19.8 Å². The molecule has 0 aliphatic heterocycles. The third-order valence-corrected chi connectivity index (χ3v) is 2.25. The Labute approximate surface area is 99.1 Å². The summed E-state index contributed by atoms with van der Waals surface area (Å²) in [7, 11) is 0. The number of amides is 1. The Morgan fingerprint density at radius 2 is 1.88 bits per heavy atom. The van der Waals surface area contributed by atoms with Crippen LogP contribution >= 0.6 is 0 Å². The van der Waals surface area contributed by atoms with Gasteiger partial charge in [-0.1, -0.05) is 12.1 Å². The molecule has 1 amide bonds. The SMILES string of the molecule is CC(O)CCNC(=O)c1ccccc1C(=O)O. The zero-order chi connectivity index (χ0) is 12.8. The molecule has 0 heterocycles. The van der Waals surface area contributed by atoms with Crippen molar-refractivity contribution >= 4 is 11.9 Å². The van der Waals surface area contributed by atoms with Gasteiger partial charge < -0.3 is 15.5 Å². The van der Waals surface area contributed by atoms with Gasteiger partial charge in [0.05, 0.1) is 17.2 Å². The molecule has 0 saturated carbocycles. The Kier molecular flexibility index (Phi) is 4.66. The van der Waals surface area contributed by atoms with Crippen LogP contribution in [0.25, 0.3) is 0 Å². The maximum Gasteiger partial charge on any atom is 0.336 e. The fourth-order valence-corrected chi connectivity index (χ4v) is 1.36. The minimum absolute atomic E-state index is 0.0259. The molecule has 0 aromatic heterocycles. The van der Waals surface area contributed by atoms with Gasteiger partial charge in [-0.2, -0.15) is 0 Å². The zero-order valence-corrected chi connectivity index (χ0v) is 9.51.